The van der Waals surface area contributed by atoms with Crippen LogP contribution in [0.1, 0.15) is 61.9 Å². The van der Waals surface area contributed by atoms with Crippen molar-refractivity contribution < 1.29 is 24.2 Å². The van der Waals surface area contributed by atoms with Crippen molar-refractivity contribution in [3.63, 3.8) is 0 Å². The van der Waals surface area contributed by atoms with Crippen molar-refractivity contribution in [3.8, 4) is 0 Å². The number of hydrogen-bond donors (Lipinski definition) is 5. The Morgan fingerprint density at radius 3 is 2.38 bits per heavy atom. The number of rotatable bonds is 12. The third-order valence-electron chi connectivity index (χ3n) is 6.82. The topological polar surface area (TPSA) is 148 Å². The molecule has 0 radical (unpaired) electrons. The minimum Gasteiger partial charge on any atom is -0.506 e. The summed E-state index contributed by atoms with van der Waals surface area (Å²) in [7, 11) is 0. The number of nitrogens with zero attached hydrogens (tertiary/aromatic N) is 2. The van der Waals surface area contributed by atoms with Crippen LogP contribution in [-0.4, -0.2) is 82.8 Å². The molecule has 0 atom stereocenters. The lowest BCUT2D eigenvalue weighted by molar-refractivity contribution is -0.117. The summed E-state index contributed by atoms with van der Waals surface area (Å²) < 4.78 is 5.22. The molecule has 5 N–H and O–H groups in total. The van der Waals surface area contributed by atoms with Gasteiger partial charge in [0, 0.05) is 42.6 Å². The van der Waals surface area contributed by atoms with Crippen LogP contribution in [0, 0.1) is 13.8 Å². The third-order valence-corrected chi connectivity index (χ3v) is 8.08. The van der Waals surface area contributed by atoms with Crippen LogP contribution in [0.2, 0.25) is 5.02 Å². The van der Waals surface area contributed by atoms with E-state index in [1.54, 1.807) is 51.1 Å². The fraction of sp³-hybridized carbons (Fsp3) is 0.438. The number of nitrogens with one attached hydrogen (secondary N) is 4. The zero-order valence-electron chi connectivity index (χ0n) is 26.9. The first-order valence-electron chi connectivity index (χ1n) is 14.9. The van der Waals surface area contributed by atoms with Gasteiger partial charge in [0.1, 0.15) is 22.0 Å². The lowest BCUT2D eigenvalue weighted by atomic mass is 10.1. The highest BCUT2D eigenvalue weighted by Gasteiger charge is 2.33. The van der Waals surface area contributed by atoms with Crippen molar-refractivity contribution in [2.45, 2.75) is 54.1 Å². The number of carbonyl (C=O) groups excluding carboxylic acids is 3. The van der Waals surface area contributed by atoms with Crippen molar-refractivity contribution in [1.82, 2.24) is 25.8 Å². The highest BCUT2D eigenvalue weighted by atomic mass is 35.5. The first kappa shape index (κ1) is 35.7. The van der Waals surface area contributed by atoms with E-state index in [1.807, 2.05) is 13.8 Å². The Hall–Kier alpha value is -3.74. The molecule has 3 amide bonds. The number of aromatic amines is 1. The van der Waals surface area contributed by atoms with Gasteiger partial charge in [-0.05, 0) is 77.5 Å². The molecule has 1 aromatic carbocycles. The SMILES string of the molecule is CCN(CC)CCNC(=O)c1c(C)[nH]c(/C=C2/SC(=Nc3cccc(Cl)c3)C(C(=O)NCCNC(=O)OC(C)(C)C)=C2O)c1C. The maximum atomic E-state index is 13.3. The van der Waals surface area contributed by atoms with E-state index in [4.69, 9.17) is 16.3 Å². The van der Waals surface area contributed by atoms with E-state index < -0.39 is 17.6 Å². The number of thioether (sulfide) groups is 1. The highest BCUT2D eigenvalue weighted by molar-refractivity contribution is 8.18. The summed E-state index contributed by atoms with van der Waals surface area (Å²) in [6, 6.07) is 6.84. The molecule has 0 unspecified atom stereocenters. The number of hydrogen-bond acceptors (Lipinski definition) is 8. The second kappa shape index (κ2) is 16.0. The van der Waals surface area contributed by atoms with Crippen LogP contribution in [-0.2, 0) is 9.53 Å². The molecule has 0 aliphatic carbocycles. The number of alkyl carbamates (subject to hydrolysis) is 1. The number of ether oxygens (including phenoxy) is 1. The van der Waals surface area contributed by atoms with E-state index >= 15 is 0 Å². The molecule has 45 heavy (non-hydrogen) atoms. The molecule has 0 bridgehead atoms. The summed E-state index contributed by atoms with van der Waals surface area (Å²) in [6.07, 6.45) is 1.10. The molecule has 2 heterocycles. The first-order chi connectivity index (χ1) is 21.2. The lowest BCUT2D eigenvalue weighted by Crippen LogP contribution is -2.38. The quantitative estimate of drug-likeness (QED) is 0.186. The molecule has 11 nitrogen and oxygen atoms in total. The Morgan fingerprint density at radius 2 is 1.73 bits per heavy atom. The standard InChI is InChI=1S/C32H43ClN6O5S/c1-8-39(9-2)16-15-35-28(41)25-19(3)23(37-20(25)4)18-24-27(40)26(30(45-24)38-22-12-10-11-21(33)17-22)29(42)34-13-14-36-31(43)44-32(5,6)7/h10-12,17-18,37,40H,8-9,13-16H2,1-7H3,(H,34,42)(H,35,41)(H,36,43)/b24-18+,38-30?. The maximum absolute atomic E-state index is 13.3. The van der Waals surface area contributed by atoms with Crippen molar-refractivity contribution >= 4 is 58.1 Å². The molecule has 1 aliphatic rings. The normalized spacial score (nSPS) is 15.2. The number of halogens is 1. The molecule has 13 heteroatoms. The average Bonchev–Trinajstić information content (AvgIpc) is 3.41. The second-order valence-electron chi connectivity index (χ2n) is 11.4. The van der Waals surface area contributed by atoms with E-state index in [2.05, 4.69) is 44.7 Å². The largest absolute Gasteiger partial charge is 0.506 e. The highest BCUT2D eigenvalue weighted by Crippen LogP contribution is 2.40. The maximum Gasteiger partial charge on any atom is 0.407 e. The Labute approximate surface area is 273 Å². The number of benzene rings is 1. The van der Waals surface area contributed by atoms with E-state index in [0.29, 0.717) is 44.7 Å². The molecule has 0 saturated heterocycles. The molecule has 1 aromatic heterocycles. The number of aliphatic hydroxyl groups excluding tert-OH is 1. The van der Waals surface area contributed by atoms with Crippen LogP contribution in [0.5, 0.6) is 0 Å². The van der Waals surface area contributed by atoms with Crippen LogP contribution in [0.25, 0.3) is 6.08 Å². The fourth-order valence-electron chi connectivity index (χ4n) is 4.56. The van der Waals surface area contributed by atoms with Gasteiger partial charge in [-0.25, -0.2) is 9.79 Å². The van der Waals surface area contributed by atoms with Gasteiger partial charge in [-0.1, -0.05) is 43.3 Å². The van der Waals surface area contributed by atoms with Gasteiger partial charge < -0.3 is 35.7 Å². The molecular formula is C32H43ClN6O5S. The number of H-pyrrole nitrogens is 1. The monoisotopic (exact) mass is 658 g/mol. The van der Waals surface area contributed by atoms with Crippen LogP contribution in [0.4, 0.5) is 10.5 Å². The van der Waals surface area contributed by atoms with Gasteiger partial charge in [-0.2, -0.15) is 0 Å². The van der Waals surface area contributed by atoms with Crippen molar-refractivity contribution in [2.75, 3.05) is 39.3 Å². The summed E-state index contributed by atoms with van der Waals surface area (Å²) in [4.78, 5) is 48.8. The Kier molecular flexibility index (Phi) is 12.7. The number of aryl methyl sites for hydroxylation is 1. The van der Waals surface area contributed by atoms with Crippen molar-refractivity contribution in [1.29, 1.82) is 0 Å². The smallest absolute Gasteiger partial charge is 0.407 e. The molecule has 0 fully saturated rings. The molecule has 0 saturated carbocycles. The Morgan fingerprint density at radius 1 is 1.07 bits per heavy atom. The first-order valence-corrected chi connectivity index (χ1v) is 16.1. The van der Waals surface area contributed by atoms with Gasteiger partial charge in [0.05, 0.1) is 16.2 Å². The zero-order chi connectivity index (χ0) is 33.3. The second-order valence-corrected chi connectivity index (χ2v) is 12.8. The van der Waals surface area contributed by atoms with E-state index in [1.165, 1.54) is 0 Å². The van der Waals surface area contributed by atoms with Crippen molar-refractivity contribution in [3.05, 3.63) is 68.0 Å². The van der Waals surface area contributed by atoms with Gasteiger partial charge in [0.2, 0.25) is 0 Å². The molecule has 0 spiro atoms. The van der Waals surface area contributed by atoms with Gasteiger partial charge in [-0.15, -0.1) is 0 Å². The number of aromatic nitrogens is 1. The minimum absolute atomic E-state index is 0.0150. The van der Waals surface area contributed by atoms with E-state index in [9.17, 15) is 19.5 Å². The number of carbonyl (C=O) groups is 3. The zero-order valence-corrected chi connectivity index (χ0v) is 28.5. The Balaban J connectivity index is 1.85. The van der Waals surface area contributed by atoms with Gasteiger partial charge >= 0.3 is 6.09 Å². The molecule has 1 aliphatic heterocycles. The molecule has 2 aromatic rings. The van der Waals surface area contributed by atoms with E-state index in [0.717, 1.165) is 31.4 Å². The van der Waals surface area contributed by atoms with Crippen LogP contribution >= 0.6 is 23.4 Å². The van der Waals surface area contributed by atoms with Crippen LogP contribution < -0.4 is 16.0 Å². The number of aliphatic hydroxyl groups is 1. The van der Waals surface area contributed by atoms with E-state index in [-0.39, 0.29) is 35.4 Å². The lowest BCUT2D eigenvalue weighted by Gasteiger charge is -2.19. The van der Waals surface area contributed by atoms with Gasteiger partial charge in [-0.3, -0.25) is 9.59 Å². The molecule has 244 valence electrons. The summed E-state index contributed by atoms with van der Waals surface area (Å²) in [5, 5.41) is 20.3. The molecular weight excluding hydrogens is 616 g/mol. The third kappa shape index (κ3) is 10.1. The van der Waals surface area contributed by atoms with Crippen LogP contribution in [0.15, 0.2) is 45.5 Å². The summed E-state index contributed by atoms with van der Waals surface area (Å²) >= 11 is 7.28. The van der Waals surface area contributed by atoms with Gasteiger partial charge in [0.15, 0.2) is 0 Å². The van der Waals surface area contributed by atoms with Crippen molar-refractivity contribution in [2.24, 2.45) is 4.99 Å². The molecule has 3 rings (SSSR count). The average molecular weight is 659 g/mol. The number of likely N-dealkylation sites (N-methyl/N-ethyl adjacent to an activating group) is 1. The van der Waals surface area contributed by atoms with Crippen LogP contribution in [0.3, 0.4) is 0 Å². The summed E-state index contributed by atoms with van der Waals surface area (Å²) in [6.45, 7) is 16.4. The summed E-state index contributed by atoms with van der Waals surface area (Å²) in [5.74, 6) is -1.00. The number of aliphatic imine (C=N–C) groups is 1. The predicted molar refractivity (Wildman–Crippen MR) is 181 cm³/mol. The minimum atomic E-state index is -0.648. The Bertz CT molecular complexity index is 1500. The number of amides is 3. The van der Waals surface area contributed by atoms with Gasteiger partial charge in [0.25, 0.3) is 11.8 Å². The fourth-order valence-corrected chi connectivity index (χ4v) is 5.77. The predicted octanol–water partition coefficient (Wildman–Crippen LogP) is 5.63. The summed E-state index contributed by atoms with van der Waals surface area (Å²) in [5.41, 5.74) is 2.41.